The number of hydrogen-bond acceptors (Lipinski definition) is 3. The highest BCUT2D eigenvalue weighted by atomic mass is 32.1. The van der Waals surface area contributed by atoms with E-state index in [-0.39, 0.29) is 5.91 Å². The molecule has 0 fully saturated rings. The minimum absolute atomic E-state index is 0.108. The minimum Gasteiger partial charge on any atom is -0.399 e. The van der Waals surface area contributed by atoms with Gasteiger partial charge in [0.05, 0.1) is 0 Å². The van der Waals surface area contributed by atoms with Gasteiger partial charge in [-0.2, -0.15) is 0 Å². The largest absolute Gasteiger partial charge is 0.399 e. The monoisotopic (exact) mass is 223 g/mol. The molecule has 0 radical (unpaired) electrons. The summed E-state index contributed by atoms with van der Waals surface area (Å²) in [5.74, 6) is -0.108. The molecule has 15 heavy (non-hydrogen) atoms. The zero-order chi connectivity index (χ0) is 11.3. The van der Waals surface area contributed by atoms with Crippen molar-refractivity contribution in [2.75, 3.05) is 11.1 Å². The zero-order valence-corrected chi connectivity index (χ0v) is 9.23. The van der Waals surface area contributed by atoms with Crippen molar-refractivity contribution < 1.29 is 4.79 Å². The normalized spacial score (nSPS) is 9.40. The van der Waals surface area contributed by atoms with Crippen LogP contribution in [0.25, 0.3) is 0 Å². The van der Waals surface area contributed by atoms with Crippen LogP contribution in [0.15, 0.2) is 24.3 Å². The molecule has 4 nitrogen and oxygen atoms in total. The zero-order valence-electron chi connectivity index (χ0n) is 8.41. The van der Waals surface area contributed by atoms with Crippen molar-refractivity contribution in [1.82, 2.24) is 5.32 Å². The van der Waals surface area contributed by atoms with Gasteiger partial charge in [0, 0.05) is 17.8 Å². The number of carbonyl (C=O) groups excluding carboxylic acids is 1. The second-order valence-corrected chi connectivity index (χ2v) is 3.39. The fourth-order valence-electron chi connectivity index (χ4n) is 0.944. The molecular formula is C10H13N3OS. The van der Waals surface area contributed by atoms with Crippen molar-refractivity contribution in [2.45, 2.75) is 13.3 Å². The molecule has 1 rings (SSSR count). The molecule has 1 aromatic rings. The fourth-order valence-corrected chi connectivity index (χ4v) is 1.18. The molecular weight excluding hydrogens is 210 g/mol. The number of benzene rings is 1. The molecule has 0 aliphatic carbocycles. The highest BCUT2D eigenvalue weighted by molar-refractivity contribution is 7.80. The highest BCUT2D eigenvalue weighted by Crippen LogP contribution is 2.09. The van der Waals surface area contributed by atoms with Gasteiger partial charge in [-0.05, 0) is 36.5 Å². The van der Waals surface area contributed by atoms with Crippen LogP contribution in [0.5, 0.6) is 0 Å². The molecule has 0 atom stereocenters. The van der Waals surface area contributed by atoms with E-state index < -0.39 is 0 Å². The summed E-state index contributed by atoms with van der Waals surface area (Å²) in [4.78, 5) is 11.0. The van der Waals surface area contributed by atoms with Gasteiger partial charge in [0.1, 0.15) is 0 Å². The highest BCUT2D eigenvalue weighted by Gasteiger charge is 2.01. The van der Waals surface area contributed by atoms with Crippen molar-refractivity contribution in [3.63, 3.8) is 0 Å². The molecule has 0 aromatic heterocycles. The lowest BCUT2D eigenvalue weighted by molar-refractivity contribution is -0.119. The molecule has 0 aliphatic rings. The summed E-state index contributed by atoms with van der Waals surface area (Å²) >= 11 is 4.94. The number of hydrogen-bond donors (Lipinski definition) is 3. The van der Waals surface area contributed by atoms with Crippen LogP contribution in [-0.4, -0.2) is 11.0 Å². The van der Waals surface area contributed by atoms with Gasteiger partial charge in [-0.25, -0.2) is 0 Å². The number of carbonyl (C=O) groups is 1. The van der Waals surface area contributed by atoms with Gasteiger partial charge in [0.2, 0.25) is 5.91 Å². The van der Waals surface area contributed by atoms with Gasteiger partial charge in [-0.15, -0.1) is 0 Å². The maximum atomic E-state index is 11.0. The lowest BCUT2D eigenvalue weighted by atomic mass is 10.3. The minimum atomic E-state index is -0.108. The third-order valence-corrected chi connectivity index (χ3v) is 1.95. The molecule has 5 heteroatoms. The summed E-state index contributed by atoms with van der Waals surface area (Å²) < 4.78 is 0. The van der Waals surface area contributed by atoms with E-state index in [9.17, 15) is 4.79 Å². The first kappa shape index (κ1) is 11.5. The van der Waals surface area contributed by atoms with E-state index in [1.165, 1.54) is 0 Å². The first-order chi connectivity index (χ1) is 7.11. The lowest BCUT2D eigenvalue weighted by Crippen LogP contribution is -2.33. The Balaban J connectivity index is 2.51. The van der Waals surface area contributed by atoms with Crippen LogP contribution in [-0.2, 0) is 4.79 Å². The van der Waals surface area contributed by atoms with Crippen LogP contribution in [0.3, 0.4) is 0 Å². The van der Waals surface area contributed by atoms with Crippen molar-refractivity contribution in [1.29, 1.82) is 0 Å². The van der Waals surface area contributed by atoms with E-state index >= 15 is 0 Å². The van der Waals surface area contributed by atoms with Gasteiger partial charge < -0.3 is 16.4 Å². The molecule has 0 heterocycles. The Kier molecular flexibility index (Phi) is 4.05. The Bertz CT molecular complexity index is 361. The SMILES string of the molecule is CCC(=O)NC(=S)Nc1ccc(N)cc1. The molecule has 4 N–H and O–H groups in total. The molecule has 0 spiro atoms. The quantitative estimate of drug-likeness (QED) is 0.525. The summed E-state index contributed by atoms with van der Waals surface area (Å²) in [6, 6.07) is 7.10. The van der Waals surface area contributed by atoms with Crippen molar-refractivity contribution >= 4 is 34.6 Å². The van der Waals surface area contributed by atoms with Crippen LogP contribution in [0.4, 0.5) is 11.4 Å². The summed E-state index contributed by atoms with van der Waals surface area (Å²) in [6.45, 7) is 1.77. The van der Waals surface area contributed by atoms with Gasteiger partial charge in [0.25, 0.3) is 0 Å². The second kappa shape index (κ2) is 5.31. The third kappa shape index (κ3) is 3.95. The molecule has 0 saturated carbocycles. The molecule has 80 valence electrons. The second-order valence-electron chi connectivity index (χ2n) is 2.98. The predicted molar refractivity (Wildman–Crippen MR) is 65.5 cm³/mol. The Morgan fingerprint density at radius 3 is 2.53 bits per heavy atom. The number of nitrogens with one attached hydrogen (secondary N) is 2. The van der Waals surface area contributed by atoms with Crippen LogP contribution >= 0.6 is 12.2 Å². The Morgan fingerprint density at radius 1 is 1.40 bits per heavy atom. The van der Waals surface area contributed by atoms with Crippen molar-refractivity contribution in [3.8, 4) is 0 Å². The Labute approximate surface area is 93.9 Å². The summed E-state index contributed by atoms with van der Waals surface area (Å²) in [5.41, 5.74) is 7.01. The van der Waals surface area contributed by atoms with Crippen LogP contribution < -0.4 is 16.4 Å². The van der Waals surface area contributed by atoms with E-state index in [1.54, 1.807) is 31.2 Å². The van der Waals surface area contributed by atoms with E-state index in [1.807, 2.05) is 0 Å². The fraction of sp³-hybridized carbons (Fsp3) is 0.200. The van der Waals surface area contributed by atoms with Gasteiger partial charge in [-0.1, -0.05) is 6.92 Å². The lowest BCUT2D eigenvalue weighted by Gasteiger charge is -2.08. The van der Waals surface area contributed by atoms with Crippen LogP contribution in [0, 0.1) is 0 Å². The maximum absolute atomic E-state index is 11.0. The number of rotatable bonds is 2. The van der Waals surface area contributed by atoms with Gasteiger partial charge in [-0.3, -0.25) is 4.79 Å². The number of nitrogens with two attached hydrogens (primary N) is 1. The number of nitrogen functional groups attached to an aromatic ring is 1. The van der Waals surface area contributed by atoms with E-state index in [0.717, 1.165) is 5.69 Å². The summed E-state index contributed by atoms with van der Waals surface area (Å²) in [6.07, 6.45) is 0.406. The van der Waals surface area contributed by atoms with E-state index in [4.69, 9.17) is 18.0 Å². The molecule has 1 aromatic carbocycles. The van der Waals surface area contributed by atoms with Crippen LogP contribution in [0.2, 0.25) is 0 Å². The third-order valence-electron chi connectivity index (χ3n) is 1.74. The average molecular weight is 223 g/mol. The van der Waals surface area contributed by atoms with Crippen LogP contribution in [0.1, 0.15) is 13.3 Å². The van der Waals surface area contributed by atoms with Gasteiger partial charge >= 0.3 is 0 Å². The van der Waals surface area contributed by atoms with E-state index in [0.29, 0.717) is 17.2 Å². The predicted octanol–water partition coefficient (Wildman–Crippen LogP) is 1.49. The van der Waals surface area contributed by atoms with E-state index in [2.05, 4.69) is 10.6 Å². The van der Waals surface area contributed by atoms with Gasteiger partial charge in [0.15, 0.2) is 5.11 Å². The molecule has 0 bridgehead atoms. The summed E-state index contributed by atoms with van der Waals surface area (Å²) in [7, 11) is 0. The Hall–Kier alpha value is -1.62. The molecule has 1 amide bonds. The number of anilines is 2. The summed E-state index contributed by atoms with van der Waals surface area (Å²) in [5, 5.41) is 5.72. The topological polar surface area (TPSA) is 67.2 Å². The molecule has 0 unspecified atom stereocenters. The Morgan fingerprint density at radius 2 is 2.00 bits per heavy atom. The molecule has 0 aliphatic heterocycles. The van der Waals surface area contributed by atoms with Crippen molar-refractivity contribution in [3.05, 3.63) is 24.3 Å². The number of thiocarbonyl (C=S) groups is 1. The average Bonchev–Trinajstić information content (AvgIpc) is 2.21. The first-order valence-electron chi connectivity index (χ1n) is 4.58. The first-order valence-corrected chi connectivity index (χ1v) is 4.99. The maximum Gasteiger partial charge on any atom is 0.225 e. The molecule has 0 saturated heterocycles. The smallest absolute Gasteiger partial charge is 0.225 e. The standard InChI is InChI=1S/C10H13N3OS/c1-2-9(14)13-10(15)12-8-5-3-7(11)4-6-8/h3-6H,2,11H2,1H3,(H2,12,13,14,15). The number of amides is 1. The van der Waals surface area contributed by atoms with Crippen molar-refractivity contribution in [2.24, 2.45) is 0 Å².